The first-order valence-electron chi connectivity index (χ1n) is 14.4. The molecule has 0 bridgehead atoms. The molecular formula is C29H28F4IN7O7S. The van der Waals surface area contributed by atoms with Gasteiger partial charge in [0.2, 0.25) is 0 Å². The fourth-order valence-electron chi connectivity index (χ4n) is 5.16. The minimum atomic E-state index is -5.08. The van der Waals surface area contributed by atoms with E-state index in [2.05, 4.69) is 10.0 Å². The molecule has 2 aliphatic rings. The highest BCUT2D eigenvalue weighted by Crippen LogP contribution is 2.34. The zero-order valence-electron chi connectivity index (χ0n) is 25.6. The van der Waals surface area contributed by atoms with E-state index in [0.29, 0.717) is 16.4 Å². The molecule has 3 heterocycles. The molecule has 4 aromatic rings. The molecule has 0 spiro atoms. The number of aromatic nitrogens is 3. The average Bonchev–Trinajstić information content (AvgIpc) is 3.82. The third kappa shape index (κ3) is 7.21. The van der Waals surface area contributed by atoms with Crippen LogP contribution in [0.5, 0.6) is 0 Å². The minimum Gasteiger partial charge on any atom is -0.475 e. The Kier molecular flexibility index (Phi) is 9.71. The number of aryl methyl sites for hydroxylation is 1. The Bertz CT molecular complexity index is 2280. The molecule has 2 fully saturated rings. The number of carboxylic acid groups (broad SMARTS) is 1. The van der Waals surface area contributed by atoms with Gasteiger partial charge in [-0.1, -0.05) is 6.07 Å². The molecule has 1 saturated carbocycles. The third-order valence-electron chi connectivity index (χ3n) is 7.75. The summed E-state index contributed by atoms with van der Waals surface area (Å²) < 4.78 is 80.3. The van der Waals surface area contributed by atoms with Crippen molar-refractivity contribution in [2.24, 2.45) is 12.8 Å². The quantitative estimate of drug-likeness (QED) is 0.161. The van der Waals surface area contributed by atoms with Gasteiger partial charge in [-0.05, 0) is 78.8 Å². The summed E-state index contributed by atoms with van der Waals surface area (Å²) in [4.78, 5) is 50.3. The van der Waals surface area contributed by atoms with Crippen LogP contribution in [0.15, 0.2) is 56.8 Å². The number of nitrogens with zero attached hydrogens (tertiary/aromatic N) is 4. The van der Waals surface area contributed by atoms with Crippen LogP contribution in [0.2, 0.25) is 0 Å². The molecule has 262 valence electrons. The summed E-state index contributed by atoms with van der Waals surface area (Å²) in [6, 6.07) is 10.1. The summed E-state index contributed by atoms with van der Waals surface area (Å²) >= 11 is 1.98. The molecule has 0 amide bonds. The van der Waals surface area contributed by atoms with Crippen LogP contribution in [0.4, 0.5) is 34.8 Å². The number of hydrogen-bond donors (Lipinski definition) is 4. The van der Waals surface area contributed by atoms with Crippen molar-refractivity contribution in [3.05, 3.63) is 88.6 Å². The largest absolute Gasteiger partial charge is 0.490 e. The molecule has 14 nitrogen and oxygen atoms in total. The average molecular weight is 822 g/mol. The van der Waals surface area contributed by atoms with Gasteiger partial charge < -0.3 is 16.2 Å². The number of hydrogen-bond acceptors (Lipinski definition) is 8. The van der Waals surface area contributed by atoms with E-state index in [1.165, 1.54) is 51.7 Å². The maximum Gasteiger partial charge on any atom is 0.490 e. The Labute approximate surface area is 288 Å². The van der Waals surface area contributed by atoms with Crippen LogP contribution in [-0.2, 0) is 22.1 Å². The van der Waals surface area contributed by atoms with E-state index in [0.717, 1.165) is 4.57 Å². The Morgan fingerprint density at radius 3 is 2.24 bits per heavy atom. The van der Waals surface area contributed by atoms with Crippen molar-refractivity contribution in [1.82, 2.24) is 18.0 Å². The summed E-state index contributed by atoms with van der Waals surface area (Å²) in [7, 11) is -2.42. The number of nitrogens with two attached hydrogens (primary N) is 1. The molecule has 5 N–H and O–H groups in total. The van der Waals surface area contributed by atoms with E-state index in [9.17, 15) is 40.4 Å². The summed E-state index contributed by atoms with van der Waals surface area (Å²) in [5.74, 6) is -3.31. The normalized spacial score (nSPS) is 15.3. The lowest BCUT2D eigenvalue weighted by Gasteiger charge is -2.35. The summed E-state index contributed by atoms with van der Waals surface area (Å²) in [5.41, 5.74) is 4.62. The van der Waals surface area contributed by atoms with Crippen LogP contribution in [0.25, 0.3) is 16.6 Å². The summed E-state index contributed by atoms with van der Waals surface area (Å²) in [5, 5.41) is 10.1. The van der Waals surface area contributed by atoms with Crippen molar-refractivity contribution in [3.8, 4) is 5.69 Å². The topological polar surface area (TPSA) is 191 Å². The number of carboxylic acids is 1. The van der Waals surface area contributed by atoms with E-state index in [-0.39, 0.29) is 64.5 Å². The van der Waals surface area contributed by atoms with Gasteiger partial charge in [-0.3, -0.25) is 28.0 Å². The smallest absolute Gasteiger partial charge is 0.475 e. The number of rotatable bonds is 7. The zero-order chi connectivity index (χ0) is 36.2. The van der Waals surface area contributed by atoms with Gasteiger partial charge >= 0.3 is 28.0 Å². The number of alkyl halides is 3. The molecule has 0 radical (unpaired) electrons. The fraction of sp³-hybridized carbons (Fsp3) is 0.310. The maximum absolute atomic E-state index is 14.9. The predicted molar refractivity (Wildman–Crippen MR) is 180 cm³/mol. The van der Waals surface area contributed by atoms with Crippen molar-refractivity contribution in [2.45, 2.75) is 38.0 Å². The second kappa shape index (κ2) is 13.2. The fourth-order valence-corrected chi connectivity index (χ4v) is 6.94. The molecule has 1 aliphatic carbocycles. The number of fused-ring (bicyclic) bond motifs is 1. The number of carbonyl (C=O) groups is 1. The second-order valence-corrected chi connectivity index (χ2v) is 14.3. The molecule has 1 saturated heterocycles. The van der Waals surface area contributed by atoms with E-state index in [4.69, 9.17) is 15.6 Å². The predicted octanol–water partition coefficient (Wildman–Crippen LogP) is 2.91. The monoisotopic (exact) mass is 821 g/mol. The molecule has 0 unspecified atom stereocenters. The summed E-state index contributed by atoms with van der Waals surface area (Å²) in [6.45, 7) is 1.88. The summed E-state index contributed by atoms with van der Waals surface area (Å²) in [6.07, 6.45) is -3.84. The van der Waals surface area contributed by atoms with Crippen LogP contribution in [0.1, 0.15) is 24.4 Å². The highest BCUT2D eigenvalue weighted by atomic mass is 127. The number of pyridine rings is 1. The maximum atomic E-state index is 14.9. The number of benzene rings is 2. The van der Waals surface area contributed by atoms with Crippen molar-refractivity contribution in [1.29, 1.82) is 0 Å². The number of aliphatic carboxylic acids is 1. The van der Waals surface area contributed by atoms with Crippen LogP contribution >= 0.6 is 22.6 Å². The molecule has 0 atom stereocenters. The lowest BCUT2D eigenvalue weighted by atomic mass is 10.1. The van der Waals surface area contributed by atoms with Gasteiger partial charge in [0.05, 0.1) is 22.6 Å². The van der Waals surface area contributed by atoms with E-state index in [1.807, 2.05) is 22.6 Å². The van der Waals surface area contributed by atoms with Gasteiger partial charge in [0.1, 0.15) is 17.0 Å². The highest BCUT2D eigenvalue weighted by molar-refractivity contribution is 14.1. The van der Waals surface area contributed by atoms with Crippen molar-refractivity contribution in [3.63, 3.8) is 0 Å². The SMILES string of the molecule is Cc1c(=O)n(C)c(Nc2ccc(I)cc2F)c2c(=O)n(C3CC3)c(=O)n(-c3cccc(NS(=O)(=O)N4CC(N)C4)c3)c12.O=C(O)C(F)(F)F. The lowest BCUT2D eigenvalue weighted by molar-refractivity contribution is -0.192. The van der Waals surface area contributed by atoms with Gasteiger partial charge in [-0.2, -0.15) is 25.9 Å². The van der Waals surface area contributed by atoms with Gasteiger partial charge in [-0.15, -0.1) is 0 Å². The molecule has 1 aliphatic heterocycles. The van der Waals surface area contributed by atoms with Crippen molar-refractivity contribution in [2.75, 3.05) is 23.1 Å². The minimum absolute atomic E-state index is 0.0274. The van der Waals surface area contributed by atoms with Gasteiger partial charge in [0.25, 0.3) is 11.1 Å². The van der Waals surface area contributed by atoms with Crippen molar-refractivity contribution >= 4 is 66.9 Å². The third-order valence-corrected chi connectivity index (χ3v) is 9.89. The Balaban J connectivity index is 0.000000606. The Morgan fingerprint density at radius 1 is 1.06 bits per heavy atom. The standard InChI is InChI=1S/C27H27FIN7O5S.C2HF3O2/c1-14-23-22(24(33(2)25(14)37)31-21-9-6-15(29)10-20(21)28)26(38)36(18-7-8-18)27(39)35(23)19-5-3-4-17(11-19)32-42(40,41)34-12-16(30)13-34;3-2(4,5)1(6)7/h3-6,9-11,16,18,31-32H,7-8,12-13,30H2,1-2H3;(H,6,7). The molecule has 49 heavy (non-hydrogen) atoms. The first kappa shape index (κ1) is 36.0. The first-order valence-corrected chi connectivity index (χ1v) is 16.9. The van der Waals surface area contributed by atoms with Crippen molar-refractivity contribution < 1.29 is 35.9 Å². The Morgan fingerprint density at radius 2 is 1.69 bits per heavy atom. The molecule has 6 rings (SSSR count). The van der Waals surface area contributed by atoms with Crippen LogP contribution < -0.4 is 32.6 Å². The van der Waals surface area contributed by atoms with E-state index >= 15 is 0 Å². The molecular weight excluding hydrogens is 793 g/mol. The van der Waals surface area contributed by atoms with E-state index in [1.54, 1.807) is 18.2 Å². The zero-order valence-corrected chi connectivity index (χ0v) is 28.6. The van der Waals surface area contributed by atoms with Gasteiger partial charge in [0, 0.05) is 41.4 Å². The number of nitrogens with one attached hydrogen (secondary N) is 2. The second-order valence-electron chi connectivity index (χ2n) is 11.4. The number of anilines is 3. The highest BCUT2D eigenvalue weighted by Gasteiger charge is 2.38. The first-order chi connectivity index (χ1) is 22.8. The van der Waals surface area contributed by atoms with Gasteiger partial charge in [0.15, 0.2) is 0 Å². The van der Waals surface area contributed by atoms with Gasteiger partial charge in [-0.25, -0.2) is 14.0 Å². The van der Waals surface area contributed by atoms with Crippen LogP contribution in [0, 0.1) is 16.3 Å². The molecule has 2 aromatic carbocycles. The van der Waals surface area contributed by atoms with E-state index < -0.39 is 45.0 Å². The van der Waals surface area contributed by atoms with Crippen LogP contribution in [-0.4, -0.2) is 62.8 Å². The Hall–Kier alpha value is -4.28. The molecule has 2 aromatic heterocycles. The van der Waals surface area contributed by atoms with Crippen LogP contribution in [0.3, 0.4) is 0 Å². The molecule has 20 heteroatoms. The lowest BCUT2D eigenvalue weighted by Crippen LogP contribution is -2.59. The number of halogens is 5.